The third-order valence-electron chi connectivity index (χ3n) is 4.98. The summed E-state index contributed by atoms with van der Waals surface area (Å²) in [4.78, 5) is 37.9. The first-order valence-corrected chi connectivity index (χ1v) is 9.68. The topological polar surface area (TPSA) is 94.9 Å². The van der Waals surface area contributed by atoms with Gasteiger partial charge in [0.2, 0.25) is 0 Å². The molecule has 2 N–H and O–H groups in total. The van der Waals surface area contributed by atoms with Gasteiger partial charge < -0.3 is 15.1 Å². The molecule has 0 aromatic heterocycles. The smallest absolute Gasteiger partial charge is 0.303 e. The van der Waals surface area contributed by atoms with E-state index in [4.69, 9.17) is 5.11 Å². The molecule has 3 rings (SSSR count). The first-order chi connectivity index (χ1) is 14.4. The third kappa shape index (κ3) is 4.66. The van der Waals surface area contributed by atoms with E-state index in [1.807, 2.05) is 61.5 Å². The van der Waals surface area contributed by atoms with Gasteiger partial charge in [0.25, 0.3) is 5.91 Å². The molecule has 1 aliphatic heterocycles. The molecule has 0 radical (unpaired) electrons. The first-order valence-electron chi connectivity index (χ1n) is 9.68. The Bertz CT molecular complexity index is 1010. The number of allylic oxidation sites excluding steroid dienone is 1. The number of rotatable bonds is 8. The molecule has 0 fully saturated rings. The van der Waals surface area contributed by atoms with E-state index in [0.29, 0.717) is 5.56 Å². The van der Waals surface area contributed by atoms with Gasteiger partial charge in [-0.3, -0.25) is 14.4 Å². The standard InChI is InChI=1S/C24H23NO5/c1-16-9-12-18(13-10-16)22-21(19(26)14-11-17-6-3-2-4-7-17)23(29)24(30)25(22)15-5-8-20(27)28/h2-4,6-7,9-14,22,29H,5,8,15H2,1H3,(H,27,28)/b14-11+/t22-/m1/s1. The number of ketones is 1. The SMILES string of the molecule is Cc1ccc([C@@H]2C(C(=O)/C=C/c3ccccc3)=C(O)C(=O)N2CCCC(=O)O)cc1. The summed E-state index contributed by atoms with van der Waals surface area (Å²) in [6.45, 7) is 2.04. The minimum absolute atomic E-state index is 0.00589. The number of aryl methyl sites for hydroxylation is 1. The summed E-state index contributed by atoms with van der Waals surface area (Å²) in [5, 5.41) is 19.4. The molecule has 1 aliphatic rings. The average Bonchev–Trinajstić information content (AvgIpc) is 2.98. The zero-order valence-corrected chi connectivity index (χ0v) is 16.6. The molecule has 2 aromatic rings. The molecule has 0 bridgehead atoms. The van der Waals surface area contributed by atoms with Crippen LogP contribution in [-0.4, -0.2) is 39.3 Å². The highest BCUT2D eigenvalue weighted by Gasteiger charge is 2.42. The van der Waals surface area contributed by atoms with Crippen LogP contribution in [0.2, 0.25) is 0 Å². The van der Waals surface area contributed by atoms with Crippen molar-refractivity contribution >= 4 is 23.7 Å². The van der Waals surface area contributed by atoms with Gasteiger partial charge in [-0.1, -0.05) is 66.2 Å². The Hall–Kier alpha value is -3.67. The van der Waals surface area contributed by atoms with Crippen LogP contribution >= 0.6 is 0 Å². The van der Waals surface area contributed by atoms with E-state index in [0.717, 1.165) is 11.1 Å². The molecule has 0 unspecified atom stereocenters. The maximum atomic E-state index is 13.0. The van der Waals surface area contributed by atoms with E-state index in [1.165, 1.54) is 11.0 Å². The number of nitrogens with zero attached hydrogens (tertiary/aromatic N) is 1. The van der Waals surface area contributed by atoms with Crippen molar-refractivity contribution in [1.82, 2.24) is 4.90 Å². The molecule has 154 valence electrons. The molecule has 2 aromatic carbocycles. The number of hydrogen-bond donors (Lipinski definition) is 2. The zero-order valence-electron chi connectivity index (χ0n) is 16.6. The minimum atomic E-state index is -0.965. The summed E-state index contributed by atoms with van der Waals surface area (Å²) >= 11 is 0. The Morgan fingerprint density at radius 2 is 1.73 bits per heavy atom. The summed E-state index contributed by atoms with van der Waals surface area (Å²) in [6, 6.07) is 15.8. The van der Waals surface area contributed by atoms with Gasteiger partial charge in [-0.15, -0.1) is 0 Å². The number of aliphatic hydroxyl groups is 1. The fourth-order valence-corrected chi connectivity index (χ4v) is 3.46. The summed E-state index contributed by atoms with van der Waals surface area (Å²) in [5.41, 5.74) is 2.53. The van der Waals surface area contributed by atoms with E-state index in [-0.39, 0.29) is 25.0 Å². The summed E-state index contributed by atoms with van der Waals surface area (Å²) in [5.74, 6) is -2.68. The lowest BCUT2D eigenvalue weighted by atomic mass is 9.95. The minimum Gasteiger partial charge on any atom is -0.503 e. The van der Waals surface area contributed by atoms with E-state index in [9.17, 15) is 19.5 Å². The molecule has 0 spiro atoms. The van der Waals surface area contributed by atoms with Crippen molar-refractivity contribution in [3.05, 3.63) is 88.7 Å². The van der Waals surface area contributed by atoms with Crippen LogP contribution in [0.3, 0.4) is 0 Å². The second-order valence-electron chi connectivity index (χ2n) is 7.18. The van der Waals surface area contributed by atoms with Crippen LogP contribution in [0.15, 0.2) is 72.0 Å². The number of carboxylic acids is 1. The van der Waals surface area contributed by atoms with Crippen LogP contribution < -0.4 is 0 Å². The summed E-state index contributed by atoms with van der Waals surface area (Å²) in [6.07, 6.45) is 3.09. The van der Waals surface area contributed by atoms with Crippen molar-refractivity contribution in [3.8, 4) is 0 Å². The van der Waals surface area contributed by atoms with Gasteiger partial charge in [0.15, 0.2) is 11.5 Å². The highest BCUT2D eigenvalue weighted by Crippen LogP contribution is 2.38. The normalized spacial score (nSPS) is 16.5. The molecule has 1 atom stereocenters. The number of benzene rings is 2. The number of carboxylic acid groups (broad SMARTS) is 1. The summed E-state index contributed by atoms with van der Waals surface area (Å²) in [7, 11) is 0. The van der Waals surface area contributed by atoms with Crippen molar-refractivity contribution in [1.29, 1.82) is 0 Å². The molecule has 1 heterocycles. The zero-order chi connectivity index (χ0) is 21.7. The highest BCUT2D eigenvalue weighted by molar-refractivity contribution is 6.14. The number of carbonyl (C=O) groups is 3. The Balaban J connectivity index is 1.94. The van der Waals surface area contributed by atoms with Gasteiger partial charge in [0.1, 0.15) is 0 Å². The molecule has 0 saturated carbocycles. The number of aliphatic carboxylic acids is 1. The van der Waals surface area contributed by atoms with E-state index < -0.39 is 29.5 Å². The number of hydrogen-bond acceptors (Lipinski definition) is 4. The Labute approximate surface area is 174 Å². The second-order valence-corrected chi connectivity index (χ2v) is 7.18. The van der Waals surface area contributed by atoms with E-state index >= 15 is 0 Å². The van der Waals surface area contributed by atoms with Crippen LogP contribution in [0.1, 0.15) is 35.6 Å². The Morgan fingerprint density at radius 3 is 2.37 bits per heavy atom. The number of aliphatic hydroxyl groups excluding tert-OH is 1. The quantitative estimate of drug-likeness (QED) is 0.651. The maximum Gasteiger partial charge on any atom is 0.303 e. The van der Waals surface area contributed by atoms with E-state index in [2.05, 4.69) is 0 Å². The Kier molecular flexibility index (Phi) is 6.47. The molecular weight excluding hydrogens is 382 g/mol. The molecule has 6 heteroatoms. The van der Waals surface area contributed by atoms with Crippen LogP contribution in [0.4, 0.5) is 0 Å². The largest absolute Gasteiger partial charge is 0.503 e. The third-order valence-corrected chi connectivity index (χ3v) is 4.98. The van der Waals surface area contributed by atoms with E-state index in [1.54, 1.807) is 6.08 Å². The van der Waals surface area contributed by atoms with Gasteiger partial charge in [0.05, 0.1) is 11.6 Å². The van der Waals surface area contributed by atoms with Gasteiger partial charge in [-0.05, 0) is 30.5 Å². The fraction of sp³-hybridized carbons (Fsp3) is 0.208. The van der Waals surface area contributed by atoms with Gasteiger partial charge in [-0.2, -0.15) is 0 Å². The second kappa shape index (κ2) is 9.22. The Morgan fingerprint density at radius 1 is 1.07 bits per heavy atom. The average molecular weight is 405 g/mol. The van der Waals surface area contributed by atoms with Crippen molar-refractivity contribution in [2.45, 2.75) is 25.8 Å². The predicted octanol–water partition coefficient (Wildman–Crippen LogP) is 3.84. The summed E-state index contributed by atoms with van der Waals surface area (Å²) < 4.78 is 0. The molecule has 30 heavy (non-hydrogen) atoms. The fourth-order valence-electron chi connectivity index (χ4n) is 3.46. The lowest BCUT2D eigenvalue weighted by Gasteiger charge is -2.26. The molecule has 1 amide bonds. The van der Waals surface area contributed by atoms with Crippen LogP contribution in [-0.2, 0) is 14.4 Å². The van der Waals surface area contributed by atoms with Crippen molar-refractivity contribution < 1.29 is 24.6 Å². The lowest BCUT2D eigenvalue weighted by molar-refractivity contribution is -0.138. The molecule has 0 saturated heterocycles. The van der Waals surface area contributed by atoms with Crippen molar-refractivity contribution in [2.24, 2.45) is 0 Å². The van der Waals surface area contributed by atoms with Gasteiger partial charge in [0, 0.05) is 13.0 Å². The highest BCUT2D eigenvalue weighted by atomic mass is 16.4. The van der Waals surface area contributed by atoms with Gasteiger partial charge >= 0.3 is 5.97 Å². The van der Waals surface area contributed by atoms with Crippen molar-refractivity contribution in [3.63, 3.8) is 0 Å². The van der Waals surface area contributed by atoms with Crippen LogP contribution in [0.5, 0.6) is 0 Å². The monoisotopic (exact) mass is 405 g/mol. The maximum absolute atomic E-state index is 13.0. The van der Waals surface area contributed by atoms with Crippen molar-refractivity contribution in [2.75, 3.05) is 6.54 Å². The number of amides is 1. The molecule has 6 nitrogen and oxygen atoms in total. The molecule has 0 aliphatic carbocycles. The first kappa shape index (κ1) is 21.0. The molecular formula is C24H23NO5. The van der Waals surface area contributed by atoms with Crippen LogP contribution in [0, 0.1) is 6.92 Å². The lowest BCUT2D eigenvalue weighted by Crippen LogP contribution is -2.32. The van der Waals surface area contributed by atoms with Crippen LogP contribution in [0.25, 0.3) is 6.08 Å². The van der Waals surface area contributed by atoms with Gasteiger partial charge in [-0.25, -0.2) is 0 Å². The predicted molar refractivity (Wildman–Crippen MR) is 113 cm³/mol. The number of carbonyl (C=O) groups excluding carboxylic acids is 2.